The number of hydrogen-bond acceptors (Lipinski definition) is 2. The van der Waals surface area contributed by atoms with Crippen molar-refractivity contribution in [3.05, 3.63) is 0 Å². The molecule has 19 heavy (non-hydrogen) atoms. The van der Waals surface area contributed by atoms with Gasteiger partial charge in [-0.2, -0.15) is 0 Å². The standard InChI is InChI=1S/C16H27NO2/c1-12(19-11-13-8-9-13)16(18)17-10-4-7-15(17)14-5-2-3-6-14/h12-15H,2-11H2,1H3/t12-,15+/m1/s1. The van der Waals surface area contributed by atoms with E-state index < -0.39 is 0 Å². The smallest absolute Gasteiger partial charge is 0.251 e. The fourth-order valence-electron chi connectivity index (χ4n) is 3.77. The largest absolute Gasteiger partial charge is 0.368 e. The second kappa shape index (κ2) is 5.82. The van der Waals surface area contributed by atoms with Gasteiger partial charge in [0.2, 0.25) is 0 Å². The van der Waals surface area contributed by atoms with Crippen molar-refractivity contribution in [1.29, 1.82) is 0 Å². The fourth-order valence-corrected chi connectivity index (χ4v) is 3.77. The summed E-state index contributed by atoms with van der Waals surface area (Å²) < 4.78 is 5.76. The molecule has 0 aromatic carbocycles. The minimum absolute atomic E-state index is 0.234. The van der Waals surface area contributed by atoms with E-state index in [4.69, 9.17) is 4.74 Å². The van der Waals surface area contributed by atoms with Crippen LogP contribution in [0.5, 0.6) is 0 Å². The third-order valence-corrected chi connectivity index (χ3v) is 5.15. The number of amides is 1. The molecule has 3 fully saturated rings. The first-order chi connectivity index (χ1) is 9.25. The molecule has 1 saturated heterocycles. The normalized spacial score (nSPS) is 29.9. The molecule has 0 aromatic rings. The van der Waals surface area contributed by atoms with E-state index in [0.717, 1.165) is 25.0 Å². The Morgan fingerprint density at radius 2 is 1.89 bits per heavy atom. The number of rotatable bonds is 5. The molecule has 2 atom stereocenters. The Morgan fingerprint density at radius 1 is 1.16 bits per heavy atom. The van der Waals surface area contributed by atoms with E-state index in [2.05, 4.69) is 4.90 Å². The number of nitrogens with zero attached hydrogens (tertiary/aromatic N) is 1. The molecule has 0 N–H and O–H groups in total. The number of carbonyl (C=O) groups excluding carboxylic acids is 1. The highest BCUT2D eigenvalue weighted by Crippen LogP contribution is 2.36. The summed E-state index contributed by atoms with van der Waals surface area (Å²) in [5.74, 6) is 1.75. The van der Waals surface area contributed by atoms with Crippen LogP contribution >= 0.6 is 0 Å². The lowest BCUT2D eigenvalue weighted by molar-refractivity contribution is -0.144. The van der Waals surface area contributed by atoms with E-state index in [1.807, 2.05) is 6.92 Å². The lowest BCUT2D eigenvalue weighted by Gasteiger charge is -2.31. The maximum Gasteiger partial charge on any atom is 0.251 e. The molecule has 0 bridgehead atoms. The van der Waals surface area contributed by atoms with Gasteiger partial charge in [0.25, 0.3) is 5.91 Å². The minimum atomic E-state index is -0.234. The molecule has 2 saturated carbocycles. The van der Waals surface area contributed by atoms with E-state index in [1.165, 1.54) is 51.4 Å². The van der Waals surface area contributed by atoms with Gasteiger partial charge in [0.1, 0.15) is 6.10 Å². The third-order valence-electron chi connectivity index (χ3n) is 5.15. The van der Waals surface area contributed by atoms with Gasteiger partial charge in [-0.3, -0.25) is 4.79 Å². The zero-order valence-corrected chi connectivity index (χ0v) is 12.1. The molecular formula is C16H27NO2. The van der Waals surface area contributed by atoms with Crippen molar-refractivity contribution in [2.45, 2.75) is 70.4 Å². The van der Waals surface area contributed by atoms with Crippen molar-refractivity contribution < 1.29 is 9.53 Å². The summed E-state index contributed by atoms with van der Waals surface area (Å²) in [5, 5.41) is 0. The first-order valence-electron chi connectivity index (χ1n) is 8.18. The van der Waals surface area contributed by atoms with Crippen molar-refractivity contribution in [3.63, 3.8) is 0 Å². The van der Waals surface area contributed by atoms with Crippen LogP contribution in [0.1, 0.15) is 58.3 Å². The monoisotopic (exact) mass is 265 g/mol. The number of carbonyl (C=O) groups is 1. The Hall–Kier alpha value is -0.570. The highest BCUT2D eigenvalue weighted by atomic mass is 16.5. The van der Waals surface area contributed by atoms with Crippen LogP contribution in [0.3, 0.4) is 0 Å². The van der Waals surface area contributed by atoms with Crippen LogP contribution in [0.2, 0.25) is 0 Å². The minimum Gasteiger partial charge on any atom is -0.368 e. The van der Waals surface area contributed by atoms with E-state index >= 15 is 0 Å². The molecule has 0 radical (unpaired) electrons. The first-order valence-corrected chi connectivity index (χ1v) is 8.18. The molecular weight excluding hydrogens is 238 g/mol. The molecule has 3 aliphatic rings. The van der Waals surface area contributed by atoms with Crippen molar-refractivity contribution in [2.24, 2.45) is 11.8 Å². The Morgan fingerprint density at radius 3 is 2.58 bits per heavy atom. The average Bonchev–Trinajstić information content (AvgIpc) is 2.92. The molecule has 3 heteroatoms. The lowest BCUT2D eigenvalue weighted by Crippen LogP contribution is -2.44. The quantitative estimate of drug-likeness (QED) is 0.765. The van der Waals surface area contributed by atoms with Gasteiger partial charge in [-0.05, 0) is 57.3 Å². The predicted molar refractivity (Wildman–Crippen MR) is 74.8 cm³/mol. The van der Waals surface area contributed by atoms with Crippen molar-refractivity contribution in [3.8, 4) is 0 Å². The van der Waals surface area contributed by atoms with E-state index in [9.17, 15) is 4.79 Å². The SMILES string of the molecule is C[C@@H](OCC1CC1)C(=O)N1CCC[C@H]1C1CCCC1. The highest BCUT2D eigenvalue weighted by Gasteiger charge is 2.37. The third kappa shape index (κ3) is 3.13. The second-order valence-corrected chi connectivity index (χ2v) is 6.70. The van der Waals surface area contributed by atoms with Gasteiger partial charge in [-0.15, -0.1) is 0 Å². The average molecular weight is 265 g/mol. The van der Waals surface area contributed by atoms with Crippen molar-refractivity contribution in [2.75, 3.05) is 13.2 Å². The highest BCUT2D eigenvalue weighted by molar-refractivity contribution is 5.81. The Kier molecular flexibility index (Phi) is 4.11. The summed E-state index contributed by atoms with van der Waals surface area (Å²) in [4.78, 5) is 14.7. The molecule has 1 amide bonds. The zero-order valence-electron chi connectivity index (χ0n) is 12.1. The maximum atomic E-state index is 12.5. The van der Waals surface area contributed by atoms with Gasteiger partial charge in [0.05, 0.1) is 6.61 Å². The van der Waals surface area contributed by atoms with Gasteiger partial charge in [0.15, 0.2) is 0 Å². The molecule has 1 heterocycles. The summed E-state index contributed by atoms with van der Waals surface area (Å²) in [6.07, 6.45) is 10.1. The van der Waals surface area contributed by atoms with Crippen LogP contribution in [0.4, 0.5) is 0 Å². The van der Waals surface area contributed by atoms with Crippen LogP contribution in [0.15, 0.2) is 0 Å². The summed E-state index contributed by atoms with van der Waals surface area (Å²) in [6.45, 7) is 3.68. The van der Waals surface area contributed by atoms with E-state index in [-0.39, 0.29) is 12.0 Å². The number of ether oxygens (including phenoxy) is 1. The lowest BCUT2D eigenvalue weighted by atomic mass is 9.96. The Bertz CT molecular complexity index is 321. The summed E-state index contributed by atoms with van der Waals surface area (Å²) >= 11 is 0. The number of likely N-dealkylation sites (tertiary alicyclic amines) is 1. The van der Waals surface area contributed by atoms with Gasteiger partial charge in [-0.1, -0.05) is 12.8 Å². The van der Waals surface area contributed by atoms with Gasteiger partial charge >= 0.3 is 0 Å². The molecule has 3 nitrogen and oxygen atoms in total. The molecule has 0 unspecified atom stereocenters. The van der Waals surface area contributed by atoms with Crippen LogP contribution in [0, 0.1) is 11.8 Å². The van der Waals surface area contributed by atoms with Crippen molar-refractivity contribution in [1.82, 2.24) is 4.90 Å². The predicted octanol–water partition coefficient (Wildman–Crippen LogP) is 2.98. The fraction of sp³-hybridized carbons (Fsp3) is 0.938. The topological polar surface area (TPSA) is 29.5 Å². The molecule has 1 aliphatic heterocycles. The molecule has 3 rings (SSSR count). The summed E-state index contributed by atoms with van der Waals surface area (Å²) in [5.41, 5.74) is 0. The van der Waals surface area contributed by atoms with Crippen LogP contribution in [0.25, 0.3) is 0 Å². The van der Waals surface area contributed by atoms with Gasteiger partial charge in [-0.25, -0.2) is 0 Å². The summed E-state index contributed by atoms with van der Waals surface area (Å²) in [7, 11) is 0. The summed E-state index contributed by atoms with van der Waals surface area (Å²) in [6, 6.07) is 0.516. The number of hydrogen-bond donors (Lipinski definition) is 0. The molecule has 0 aromatic heterocycles. The zero-order chi connectivity index (χ0) is 13.2. The van der Waals surface area contributed by atoms with Crippen LogP contribution < -0.4 is 0 Å². The Balaban J connectivity index is 1.54. The first kappa shape index (κ1) is 13.4. The second-order valence-electron chi connectivity index (χ2n) is 6.70. The molecule has 108 valence electrons. The maximum absolute atomic E-state index is 12.5. The van der Waals surface area contributed by atoms with E-state index in [1.54, 1.807) is 0 Å². The van der Waals surface area contributed by atoms with Crippen LogP contribution in [-0.2, 0) is 9.53 Å². The van der Waals surface area contributed by atoms with Gasteiger partial charge in [0, 0.05) is 12.6 Å². The van der Waals surface area contributed by atoms with E-state index in [0.29, 0.717) is 6.04 Å². The van der Waals surface area contributed by atoms with Crippen LogP contribution in [-0.4, -0.2) is 36.1 Å². The Labute approximate surface area is 116 Å². The molecule has 0 spiro atoms. The molecule has 2 aliphatic carbocycles. The van der Waals surface area contributed by atoms with Crippen molar-refractivity contribution >= 4 is 5.91 Å². The van der Waals surface area contributed by atoms with Gasteiger partial charge < -0.3 is 9.64 Å².